The zero-order valence-electron chi connectivity index (χ0n) is 8.87. The van der Waals surface area contributed by atoms with Crippen molar-refractivity contribution in [1.29, 1.82) is 0 Å². The van der Waals surface area contributed by atoms with Crippen molar-refractivity contribution in [2.45, 2.75) is 26.3 Å². The number of hydroxylamine groups is 1. The van der Waals surface area contributed by atoms with Crippen LogP contribution in [-0.2, 0) is 11.4 Å². The van der Waals surface area contributed by atoms with Gasteiger partial charge in [-0.15, -0.1) is 0 Å². The van der Waals surface area contributed by atoms with E-state index in [2.05, 4.69) is 19.3 Å². The normalized spacial score (nSPS) is 10.9. The summed E-state index contributed by atoms with van der Waals surface area (Å²) in [5, 5.41) is 9.55. The number of hydrogen-bond acceptors (Lipinski definition) is 3. The Bertz CT molecular complexity index is 297. The van der Waals surface area contributed by atoms with E-state index in [1.54, 1.807) is 13.2 Å². The summed E-state index contributed by atoms with van der Waals surface area (Å²) in [6.45, 7) is 4.77. The molecule has 1 aromatic carbocycles. The molecule has 0 aromatic heterocycles. The van der Waals surface area contributed by atoms with Crippen molar-refractivity contribution >= 4 is 0 Å². The molecule has 0 unspecified atom stereocenters. The molecule has 0 heterocycles. The minimum absolute atomic E-state index is 0.305. The van der Waals surface area contributed by atoms with Crippen molar-refractivity contribution in [2.75, 3.05) is 7.11 Å². The second kappa shape index (κ2) is 4.98. The van der Waals surface area contributed by atoms with Crippen LogP contribution >= 0.6 is 0 Å². The first-order chi connectivity index (χ1) is 6.65. The van der Waals surface area contributed by atoms with Gasteiger partial charge in [0.05, 0.1) is 7.11 Å². The van der Waals surface area contributed by atoms with Crippen LogP contribution in [0.2, 0.25) is 0 Å². The van der Waals surface area contributed by atoms with Gasteiger partial charge < -0.3 is 9.94 Å². The maximum absolute atomic E-state index is 9.55. The molecule has 0 saturated carbocycles. The van der Waals surface area contributed by atoms with Crippen molar-refractivity contribution < 1.29 is 9.94 Å². The Labute approximate surface area is 84.7 Å². The minimum atomic E-state index is 0.305. The van der Waals surface area contributed by atoms with Crippen LogP contribution in [-0.4, -0.2) is 12.2 Å². The highest BCUT2D eigenvalue weighted by molar-refractivity contribution is 5.37. The van der Waals surface area contributed by atoms with Gasteiger partial charge >= 0.3 is 0 Å². The fourth-order valence-electron chi connectivity index (χ4n) is 1.26. The summed E-state index contributed by atoms with van der Waals surface area (Å²) in [6.07, 6.45) is 0. The van der Waals surface area contributed by atoms with Crippen LogP contribution in [0.1, 0.15) is 30.9 Å². The van der Waals surface area contributed by atoms with E-state index in [1.165, 1.54) is 5.56 Å². The van der Waals surface area contributed by atoms with Crippen molar-refractivity contribution in [2.24, 2.45) is 0 Å². The predicted octanol–water partition coefficient (Wildman–Crippen LogP) is 2.17. The van der Waals surface area contributed by atoms with Crippen LogP contribution in [0.3, 0.4) is 0 Å². The van der Waals surface area contributed by atoms with Gasteiger partial charge in [0.15, 0.2) is 0 Å². The number of nitrogens with one attached hydrogen (secondary N) is 1. The number of aromatic hydroxyl groups is 1. The highest BCUT2D eigenvalue weighted by atomic mass is 16.6. The van der Waals surface area contributed by atoms with Crippen LogP contribution in [0.15, 0.2) is 18.2 Å². The first-order valence-electron chi connectivity index (χ1n) is 4.72. The van der Waals surface area contributed by atoms with Crippen molar-refractivity contribution in [3.63, 3.8) is 0 Å². The lowest BCUT2D eigenvalue weighted by molar-refractivity contribution is 0.0861. The quantitative estimate of drug-likeness (QED) is 0.723. The monoisotopic (exact) mass is 195 g/mol. The molecule has 3 heteroatoms. The SMILES string of the molecule is CONCc1cc(C(C)C)ccc1O. The van der Waals surface area contributed by atoms with Crippen molar-refractivity contribution in [3.8, 4) is 5.75 Å². The van der Waals surface area contributed by atoms with Gasteiger partial charge in [-0.3, -0.25) is 0 Å². The molecule has 1 aromatic rings. The lowest BCUT2D eigenvalue weighted by Gasteiger charge is -2.10. The fourth-order valence-corrected chi connectivity index (χ4v) is 1.26. The third-order valence-corrected chi connectivity index (χ3v) is 2.18. The van der Waals surface area contributed by atoms with Gasteiger partial charge in [0.1, 0.15) is 5.75 Å². The summed E-state index contributed by atoms with van der Waals surface area (Å²) in [5.74, 6) is 0.774. The average Bonchev–Trinajstić information content (AvgIpc) is 2.16. The Hall–Kier alpha value is -1.06. The molecule has 0 aliphatic rings. The summed E-state index contributed by atoms with van der Waals surface area (Å²) in [4.78, 5) is 4.74. The van der Waals surface area contributed by atoms with E-state index in [-0.39, 0.29) is 0 Å². The zero-order valence-corrected chi connectivity index (χ0v) is 8.87. The first-order valence-corrected chi connectivity index (χ1v) is 4.72. The van der Waals surface area contributed by atoms with E-state index in [0.29, 0.717) is 18.2 Å². The lowest BCUT2D eigenvalue weighted by Crippen LogP contribution is -2.11. The molecule has 14 heavy (non-hydrogen) atoms. The van der Waals surface area contributed by atoms with E-state index in [0.717, 1.165) is 5.56 Å². The highest BCUT2D eigenvalue weighted by Gasteiger charge is 2.04. The van der Waals surface area contributed by atoms with E-state index in [4.69, 9.17) is 4.84 Å². The smallest absolute Gasteiger partial charge is 0.120 e. The minimum Gasteiger partial charge on any atom is -0.508 e. The van der Waals surface area contributed by atoms with Crippen LogP contribution in [0.5, 0.6) is 5.75 Å². The van der Waals surface area contributed by atoms with E-state index in [1.807, 2.05) is 12.1 Å². The number of benzene rings is 1. The summed E-state index contributed by atoms with van der Waals surface area (Å²) in [5.41, 5.74) is 4.79. The van der Waals surface area contributed by atoms with Gasteiger partial charge in [-0.2, -0.15) is 5.48 Å². The molecule has 0 bridgehead atoms. The van der Waals surface area contributed by atoms with Gasteiger partial charge in [0, 0.05) is 12.1 Å². The summed E-state index contributed by atoms with van der Waals surface area (Å²) >= 11 is 0. The third kappa shape index (κ3) is 2.72. The Kier molecular flexibility index (Phi) is 3.92. The van der Waals surface area contributed by atoms with Gasteiger partial charge in [0.25, 0.3) is 0 Å². The molecule has 0 spiro atoms. The van der Waals surface area contributed by atoms with Crippen molar-refractivity contribution in [3.05, 3.63) is 29.3 Å². The molecule has 0 atom stereocenters. The maximum atomic E-state index is 9.55. The standard InChI is InChI=1S/C11H17NO2/c1-8(2)9-4-5-11(13)10(6-9)7-12-14-3/h4-6,8,12-13H,7H2,1-3H3. The van der Waals surface area contributed by atoms with Gasteiger partial charge in [-0.1, -0.05) is 26.0 Å². The van der Waals surface area contributed by atoms with Gasteiger partial charge in [-0.05, 0) is 17.5 Å². The molecular formula is C11H17NO2. The molecule has 2 N–H and O–H groups in total. The van der Waals surface area contributed by atoms with E-state index >= 15 is 0 Å². The largest absolute Gasteiger partial charge is 0.508 e. The molecule has 1 rings (SSSR count). The fraction of sp³-hybridized carbons (Fsp3) is 0.455. The van der Waals surface area contributed by atoms with Crippen molar-refractivity contribution in [1.82, 2.24) is 5.48 Å². The predicted molar refractivity (Wildman–Crippen MR) is 56.0 cm³/mol. The number of phenolic OH excluding ortho intramolecular Hbond substituents is 1. The maximum Gasteiger partial charge on any atom is 0.120 e. The number of rotatable bonds is 4. The lowest BCUT2D eigenvalue weighted by atomic mass is 10.0. The van der Waals surface area contributed by atoms with Crippen LogP contribution < -0.4 is 5.48 Å². The average molecular weight is 195 g/mol. The Morgan fingerprint density at radius 2 is 2.14 bits per heavy atom. The topological polar surface area (TPSA) is 41.5 Å². The molecule has 78 valence electrons. The molecule has 3 nitrogen and oxygen atoms in total. The summed E-state index contributed by atoms with van der Waals surface area (Å²) in [6, 6.07) is 5.66. The number of phenols is 1. The molecular weight excluding hydrogens is 178 g/mol. The van der Waals surface area contributed by atoms with E-state index in [9.17, 15) is 5.11 Å². The molecule has 0 radical (unpaired) electrons. The number of hydrogen-bond donors (Lipinski definition) is 2. The van der Waals surface area contributed by atoms with E-state index < -0.39 is 0 Å². The van der Waals surface area contributed by atoms with Gasteiger partial charge in [0.2, 0.25) is 0 Å². The third-order valence-electron chi connectivity index (χ3n) is 2.18. The molecule has 0 amide bonds. The van der Waals surface area contributed by atoms with Crippen LogP contribution in [0, 0.1) is 0 Å². The molecule has 0 fully saturated rings. The summed E-state index contributed by atoms with van der Waals surface area (Å²) < 4.78 is 0. The molecule has 0 aliphatic heterocycles. The molecule has 0 saturated heterocycles. The Balaban J connectivity index is 2.85. The summed E-state index contributed by atoms with van der Waals surface area (Å²) in [7, 11) is 1.56. The Morgan fingerprint density at radius 1 is 1.43 bits per heavy atom. The zero-order chi connectivity index (χ0) is 10.6. The first kappa shape index (κ1) is 11.0. The second-order valence-electron chi connectivity index (χ2n) is 3.57. The second-order valence-corrected chi connectivity index (χ2v) is 3.57. The van der Waals surface area contributed by atoms with Crippen LogP contribution in [0.4, 0.5) is 0 Å². The highest BCUT2D eigenvalue weighted by Crippen LogP contribution is 2.22. The van der Waals surface area contributed by atoms with Gasteiger partial charge in [-0.25, -0.2) is 0 Å². The Morgan fingerprint density at radius 3 is 2.71 bits per heavy atom. The van der Waals surface area contributed by atoms with Crippen LogP contribution in [0.25, 0.3) is 0 Å². The molecule has 0 aliphatic carbocycles.